The van der Waals surface area contributed by atoms with Gasteiger partial charge in [0.2, 0.25) is 0 Å². The first-order chi connectivity index (χ1) is 13.1. The van der Waals surface area contributed by atoms with E-state index in [2.05, 4.69) is 13.5 Å². The van der Waals surface area contributed by atoms with Gasteiger partial charge in [0.15, 0.2) is 0 Å². The molecule has 1 aromatic carbocycles. The smallest absolute Gasteiger partial charge is 0.402 e. The normalized spacial score (nSPS) is 14.9. The van der Waals surface area contributed by atoms with Crippen LogP contribution in [0.25, 0.3) is 5.57 Å². The van der Waals surface area contributed by atoms with Gasteiger partial charge >= 0.3 is 6.18 Å². The number of hydrogen-bond acceptors (Lipinski definition) is 1. The van der Waals surface area contributed by atoms with Gasteiger partial charge < -0.3 is 5.73 Å². The van der Waals surface area contributed by atoms with Gasteiger partial charge in [-0.25, -0.2) is 0 Å². The predicted octanol–water partition coefficient (Wildman–Crippen LogP) is 7.15. The van der Waals surface area contributed by atoms with Crippen molar-refractivity contribution in [2.75, 3.05) is 0 Å². The summed E-state index contributed by atoms with van der Waals surface area (Å²) in [6, 6.07) is 5.60. The lowest BCUT2D eigenvalue weighted by molar-refractivity contribution is -0.0873. The molecule has 1 rings (SSSR count). The van der Waals surface area contributed by atoms with Gasteiger partial charge in [0.05, 0.1) is 5.57 Å². The molecular weight excluding hydrogens is 359 g/mol. The fourth-order valence-corrected chi connectivity index (χ4v) is 2.98. The number of rotatable bonds is 9. The molecule has 0 saturated carbocycles. The second kappa shape index (κ2) is 10.9. The maximum atomic E-state index is 13.8. The van der Waals surface area contributed by atoms with Crippen molar-refractivity contribution in [1.29, 1.82) is 0 Å². The van der Waals surface area contributed by atoms with Crippen molar-refractivity contribution in [3.8, 4) is 0 Å². The number of aryl methyl sites for hydroxylation is 1. The molecule has 28 heavy (non-hydrogen) atoms. The van der Waals surface area contributed by atoms with Crippen LogP contribution in [0.3, 0.4) is 0 Å². The first-order valence-corrected chi connectivity index (χ1v) is 9.80. The van der Waals surface area contributed by atoms with Crippen LogP contribution < -0.4 is 5.73 Å². The van der Waals surface area contributed by atoms with Crippen molar-refractivity contribution in [2.45, 2.75) is 59.6 Å². The number of alkyl halides is 3. The number of halogens is 3. The van der Waals surface area contributed by atoms with Gasteiger partial charge in [-0.3, -0.25) is 0 Å². The Morgan fingerprint density at radius 3 is 2.36 bits per heavy atom. The maximum absolute atomic E-state index is 13.8. The minimum atomic E-state index is -4.43. The molecule has 0 spiro atoms. The molecule has 1 atom stereocenters. The third-order valence-corrected chi connectivity index (χ3v) is 4.59. The van der Waals surface area contributed by atoms with Crippen molar-refractivity contribution in [1.82, 2.24) is 0 Å². The Hall–Kier alpha value is -2.23. The lowest BCUT2D eigenvalue weighted by Gasteiger charge is -2.18. The van der Waals surface area contributed by atoms with E-state index in [0.717, 1.165) is 24.0 Å². The van der Waals surface area contributed by atoms with E-state index in [4.69, 9.17) is 5.73 Å². The third kappa shape index (κ3) is 7.06. The first kappa shape index (κ1) is 23.8. The van der Waals surface area contributed by atoms with Gasteiger partial charge in [-0.15, -0.1) is 6.58 Å². The Balaban J connectivity index is 3.56. The predicted molar refractivity (Wildman–Crippen MR) is 114 cm³/mol. The second-order valence-corrected chi connectivity index (χ2v) is 7.15. The summed E-state index contributed by atoms with van der Waals surface area (Å²) >= 11 is 0. The molecule has 1 aromatic rings. The van der Waals surface area contributed by atoms with Crippen LogP contribution in [0.5, 0.6) is 0 Å². The fourth-order valence-electron chi connectivity index (χ4n) is 2.98. The maximum Gasteiger partial charge on any atom is 0.416 e. The van der Waals surface area contributed by atoms with Crippen LogP contribution in [0.4, 0.5) is 13.2 Å². The van der Waals surface area contributed by atoms with Gasteiger partial charge in [-0.05, 0) is 60.4 Å². The summed E-state index contributed by atoms with van der Waals surface area (Å²) in [4.78, 5) is 0. The first-order valence-electron chi connectivity index (χ1n) is 9.80. The van der Waals surface area contributed by atoms with E-state index in [1.54, 1.807) is 13.0 Å². The van der Waals surface area contributed by atoms with Crippen LogP contribution in [0.1, 0.15) is 57.2 Å². The van der Waals surface area contributed by atoms with Gasteiger partial charge in [-0.1, -0.05) is 63.6 Å². The lowest BCUT2D eigenvalue weighted by atomic mass is 9.89. The monoisotopic (exact) mass is 391 g/mol. The minimum absolute atomic E-state index is 0.156. The van der Waals surface area contributed by atoms with E-state index in [1.807, 2.05) is 32.1 Å². The number of unbranched alkanes of at least 4 members (excludes halogenated alkanes) is 1. The van der Waals surface area contributed by atoms with Gasteiger partial charge in [-0.2, -0.15) is 13.2 Å². The molecule has 0 bridgehead atoms. The molecule has 0 aromatic heterocycles. The van der Waals surface area contributed by atoms with Crippen LogP contribution in [0, 0.1) is 5.92 Å². The highest BCUT2D eigenvalue weighted by molar-refractivity contribution is 5.81. The average molecular weight is 392 g/mol. The van der Waals surface area contributed by atoms with Crippen molar-refractivity contribution >= 4 is 5.57 Å². The summed E-state index contributed by atoms with van der Waals surface area (Å²) in [5.41, 5.74) is 8.46. The zero-order valence-electron chi connectivity index (χ0n) is 17.4. The third-order valence-electron chi connectivity index (χ3n) is 4.59. The Labute approximate surface area is 167 Å². The highest BCUT2D eigenvalue weighted by atomic mass is 19.4. The number of nitrogens with two attached hydrogens (primary N) is 1. The standard InChI is InChI=1S/C24H32F3N/c1-6-9-10-23(24(25,26)27)22(14-11-18(5)28)21-13-12-20(15-17(4)7-2)19(8-3)16-21/h7,10-14,16-17H,2,6,8-9,15,28H2,1,3-5H3/b18-11+,22-14-,23-10-. The van der Waals surface area contributed by atoms with E-state index in [1.165, 1.54) is 18.2 Å². The second-order valence-electron chi connectivity index (χ2n) is 7.15. The van der Waals surface area contributed by atoms with E-state index in [-0.39, 0.29) is 5.57 Å². The van der Waals surface area contributed by atoms with Crippen LogP contribution >= 0.6 is 0 Å². The quantitative estimate of drug-likeness (QED) is 0.351. The largest absolute Gasteiger partial charge is 0.416 e. The molecule has 1 nitrogen and oxygen atoms in total. The summed E-state index contributed by atoms with van der Waals surface area (Å²) in [6.45, 7) is 11.4. The van der Waals surface area contributed by atoms with Crippen LogP contribution in [-0.2, 0) is 12.8 Å². The van der Waals surface area contributed by atoms with Crippen molar-refractivity contribution in [2.24, 2.45) is 11.7 Å². The molecule has 0 aliphatic carbocycles. The molecule has 0 fully saturated rings. The zero-order chi connectivity index (χ0) is 21.3. The fraction of sp³-hybridized carbons (Fsp3) is 0.417. The molecule has 4 heteroatoms. The molecule has 0 saturated heterocycles. The summed E-state index contributed by atoms with van der Waals surface area (Å²) in [7, 11) is 0. The van der Waals surface area contributed by atoms with Gasteiger partial charge in [0.25, 0.3) is 0 Å². The molecular formula is C24H32F3N. The highest BCUT2D eigenvalue weighted by Gasteiger charge is 2.36. The van der Waals surface area contributed by atoms with Gasteiger partial charge in [0, 0.05) is 5.70 Å². The molecule has 0 aliphatic heterocycles. The Bertz CT molecular complexity index is 748. The van der Waals surface area contributed by atoms with E-state index < -0.39 is 11.7 Å². The van der Waals surface area contributed by atoms with Crippen molar-refractivity contribution in [3.63, 3.8) is 0 Å². The van der Waals surface area contributed by atoms with Crippen molar-refractivity contribution < 1.29 is 13.2 Å². The number of benzene rings is 1. The van der Waals surface area contributed by atoms with E-state index >= 15 is 0 Å². The number of hydrogen-bond donors (Lipinski definition) is 1. The minimum Gasteiger partial charge on any atom is -0.402 e. The van der Waals surface area contributed by atoms with Crippen LogP contribution in [0.15, 0.2) is 60.4 Å². The van der Waals surface area contributed by atoms with Crippen molar-refractivity contribution in [3.05, 3.63) is 77.0 Å². The summed E-state index contributed by atoms with van der Waals surface area (Å²) < 4.78 is 41.4. The molecule has 0 amide bonds. The molecule has 2 N–H and O–H groups in total. The molecule has 1 unspecified atom stereocenters. The van der Waals surface area contributed by atoms with Gasteiger partial charge in [0.1, 0.15) is 0 Å². The summed E-state index contributed by atoms with van der Waals surface area (Å²) in [5.74, 6) is 0.309. The zero-order valence-corrected chi connectivity index (χ0v) is 17.4. The SMILES string of the molecule is C=CC(C)Cc1ccc(C(=C/C=C(\C)N)/C(=C/CCC)C(F)(F)F)cc1CC. The number of allylic oxidation sites excluding steroid dienone is 7. The lowest BCUT2D eigenvalue weighted by Crippen LogP contribution is -2.14. The Morgan fingerprint density at radius 1 is 1.18 bits per heavy atom. The highest BCUT2D eigenvalue weighted by Crippen LogP contribution is 2.38. The van der Waals surface area contributed by atoms with Crippen LogP contribution in [-0.4, -0.2) is 6.18 Å². The van der Waals surface area contributed by atoms with E-state index in [0.29, 0.717) is 30.0 Å². The summed E-state index contributed by atoms with van der Waals surface area (Å²) in [5, 5.41) is 0. The Morgan fingerprint density at radius 2 is 1.86 bits per heavy atom. The van der Waals surface area contributed by atoms with Crippen LogP contribution in [0.2, 0.25) is 0 Å². The topological polar surface area (TPSA) is 26.0 Å². The molecule has 154 valence electrons. The average Bonchev–Trinajstić information content (AvgIpc) is 2.63. The molecule has 0 aliphatic rings. The molecule has 0 heterocycles. The molecule has 0 radical (unpaired) electrons. The Kier molecular flexibility index (Phi) is 9.30. The summed E-state index contributed by atoms with van der Waals surface area (Å²) in [6.07, 6.45) is 4.35. The van der Waals surface area contributed by atoms with E-state index in [9.17, 15) is 13.2 Å².